The van der Waals surface area contributed by atoms with Crippen LogP contribution in [0.15, 0.2) is 54.6 Å². The molecule has 2 saturated heterocycles. The molecule has 3 aliphatic rings. The molecule has 2 heterocycles. The lowest BCUT2D eigenvalue weighted by Crippen LogP contribution is -2.60. The number of rotatable bonds is 5. The van der Waals surface area contributed by atoms with Gasteiger partial charge in [0.05, 0.1) is 11.7 Å². The zero-order chi connectivity index (χ0) is 22.1. The molecule has 5 nitrogen and oxygen atoms in total. The first-order valence-corrected chi connectivity index (χ1v) is 12.2. The minimum Gasteiger partial charge on any atom is -0.349 e. The van der Waals surface area contributed by atoms with Gasteiger partial charge in [0.15, 0.2) is 5.11 Å². The van der Waals surface area contributed by atoms with Crippen LogP contribution < -0.4 is 10.6 Å². The van der Waals surface area contributed by atoms with E-state index >= 15 is 0 Å². The molecule has 5 rings (SSSR count). The molecular formula is C26H32N4OS. The van der Waals surface area contributed by atoms with Crippen LogP contribution in [-0.2, 0) is 11.2 Å². The molecule has 168 valence electrons. The Morgan fingerprint density at radius 2 is 1.88 bits per heavy atom. The van der Waals surface area contributed by atoms with Gasteiger partial charge in [-0.25, -0.2) is 0 Å². The van der Waals surface area contributed by atoms with Crippen LogP contribution in [0, 0.1) is 12.8 Å². The molecule has 32 heavy (non-hydrogen) atoms. The van der Waals surface area contributed by atoms with Gasteiger partial charge in [0, 0.05) is 38.2 Å². The maximum atomic E-state index is 13.4. The van der Waals surface area contributed by atoms with Crippen LogP contribution in [0.25, 0.3) is 0 Å². The highest BCUT2D eigenvalue weighted by Crippen LogP contribution is 2.38. The molecule has 1 amide bonds. The third-order valence-corrected chi connectivity index (χ3v) is 7.45. The van der Waals surface area contributed by atoms with Crippen molar-refractivity contribution in [3.8, 4) is 0 Å². The molecule has 2 N–H and O–H groups in total. The number of carbonyl (C=O) groups is 1. The first kappa shape index (κ1) is 21.4. The summed E-state index contributed by atoms with van der Waals surface area (Å²) in [7, 11) is 0. The van der Waals surface area contributed by atoms with E-state index in [9.17, 15) is 4.79 Å². The number of nitrogens with zero attached hydrogens (tertiary/aromatic N) is 2. The summed E-state index contributed by atoms with van der Waals surface area (Å²) in [5, 5.41) is 7.95. The lowest BCUT2D eigenvalue weighted by Gasteiger charge is -2.45. The molecule has 0 unspecified atom stereocenters. The maximum absolute atomic E-state index is 13.4. The molecule has 0 bridgehead atoms. The van der Waals surface area contributed by atoms with Gasteiger partial charge in [0.2, 0.25) is 5.91 Å². The highest BCUT2D eigenvalue weighted by Gasteiger charge is 2.52. The molecule has 2 aromatic rings. The van der Waals surface area contributed by atoms with E-state index in [1.54, 1.807) is 0 Å². The highest BCUT2D eigenvalue weighted by atomic mass is 32.1. The average Bonchev–Trinajstić information content (AvgIpc) is 3.58. The minimum absolute atomic E-state index is 0.139. The summed E-state index contributed by atoms with van der Waals surface area (Å²) in [6.45, 7) is 4.67. The van der Waals surface area contributed by atoms with E-state index < -0.39 is 0 Å². The van der Waals surface area contributed by atoms with Crippen LogP contribution in [0.5, 0.6) is 0 Å². The van der Waals surface area contributed by atoms with Crippen molar-refractivity contribution in [2.75, 3.05) is 25.0 Å². The number of piperidine rings is 1. The smallest absolute Gasteiger partial charge is 0.241 e. The summed E-state index contributed by atoms with van der Waals surface area (Å²) in [4.78, 5) is 17.9. The van der Waals surface area contributed by atoms with Gasteiger partial charge in [-0.2, -0.15) is 0 Å². The molecule has 3 fully saturated rings. The third kappa shape index (κ3) is 4.52. The van der Waals surface area contributed by atoms with Gasteiger partial charge in [-0.3, -0.25) is 10.1 Å². The first-order valence-electron chi connectivity index (χ1n) is 11.8. The van der Waals surface area contributed by atoms with Crippen LogP contribution >= 0.6 is 12.2 Å². The Morgan fingerprint density at radius 3 is 2.56 bits per heavy atom. The molecule has 2 aliphatic heterocycles. The van der Waals surface area contributed by atoms with Crippen molar-refractivity contribution >= 4 is 28.9 Å². The van der Waals surface area contributed by atoms with E-state index in [4.69, 9.17) is 12.2 Å². The summed E-state index contributed by atoms with van der Waals surface area (Å²) in [6.07, 6.45) is 5.04. The lowest BCUT2D eigenvalue weighted by atomic mass is 9.95. The second-order valence-electron chi connectivity index (χ2n) is 9.60. The normalized spacial score (nSPS) is 22.4. The van der Waals surface area contributed by atoms with Gasteiger partial charge in [0.1, 0.15) is 0 Å². The van der Waals surface area contributed by atoms with Gasteiger partial charge in [0.25, 0.3) is 0 Å². The second kappa shape index (κ2) is 8.83. The van der Waals surface area contributed by atoms with Gasteiger partial charge in [-0.15, -0.1) is 0 Å². The first-order chi connectivity index (χ1) is 15.5. The maximum Gasteiger partial charge on any atom is 0.241 e. The van der Waals surface area contributed by atoms with Gasteiger partial charge >= 0.3 is 0 Å². The standard InChI is InChI=1S/C26H32N4OS/c1-19-6-5-9-22(16-19)27-25(32)29-14-12-26(13-15-29)28-23(17-20-7-3-2-4-8-20)24(31)30(26)18-21-10-11-21/h2-9,16,21,23,28H,10-15,17-18H2,1H3,(H,27,32)/t23-/m1/s1. The second-order valence-corrected chi connectivity index (χ2v) is 9.98. The summed E-state index contributed by atoms with van der Waals surface area (Å²) >= 11 is 5.72. The topological polar surface area (TPSA) is 47.6 Å². The Morgan fingerprint density at radius 1 is 1.12 bits per heavy atom. The van der Waals surface area contributed by atoms with E-state index in [0.717, 1.165) is 49.7 Å². The van der Waals surface area contributed by atoms with Crippen LogP contribution in [0.2, 0.25) is 0 Å². The minimum atomic E-state index is -0.241. The van der Waals surface area contributed by atoms with Crippen LogP contribution in [0.4, 0.5) is 5.69 Å². The van der Waals surface area contributed by atoms with Crippen molar-refractivity contribution in [2.24, 2.45) is 5.92 Å². The SMILES string of the molecule is Cc1cccc(NC(=S)N2CCC3(CC2)N[C@H](Cc2ccccc2)C(=O)N3CC2CC2)c1. The number of amides is 1. The summed E-state index contributed by atoms with van der Waals surface area (Å²) in [5.41, 5.74) is 3.21. The third-order valence-electron chi connectivity index (χ3n) is 7.09. The predicted molar refractivity (Wildman–Crippen MR) is 132 cm³/mol. The quantitative estimate of drug-likeness (QED) is 0.679. The van der Waals surface area contributed by atoms with E-state index in [1.165, 1.54) is 24.0 Å². The van der Waals surface area contributed by atoms with Gasteiger partial charge in [-0.05, 0) is 67.6 Å². The number of thiocarbonyl (C=S) groups is 1. The molecular weight excluding hydrogens is 416 g/mol. The number of likely N-dealkylation sites (tertiary alicyclic amines) is 1. The fraction of sp³-hybridized carbons (Fsp3) is 0.462. The van der Waals surface area contributed by atoms with E-state index in [1.807, 2.05) is 30.3 Å². The van der Waals surface area contributed by atoms with Crippen molar-refractivity contribution in [3.05, 3.63) is 65.7 Å². The summed E-state index contributed by atoms with van der Waals surface area (Å²) in [6, 6.07) is 18.5. The Bertz CT molecular complexity index is 982. The van der Waals surface area contributed by atoms with Crippen molar-refractivity contribution in [1.82, 2.24) is 15.1 Å². The van der Waals surface area contributed by atoms with E-state index in [-0.39, 0.29) is 17.6 Å². The fourth-order valence-electron chi connectivity index (χ4n) is 5.09. The van der Waals surface area contributed by atoms with Crippen molar-refractivity contribution < 1.29 is 4.79 Å². The number of carbonyl (C=O) groups excluding carboxylic acids is 1. The Kier molecular flexibility index (Phi) is 5.91. The number of benzene rings is 2. The van der Waals surface area contributed by atoms with Crippen LogP contribution in [0.3, 0.4) is 0 Å². The molecule has 0 radical (unpaired) electrons. The molecule has 6 heteroatoms. The predicted octanol–water partition coefficient (Wildman–Crippen LogP) is 3.94. The number of anilines is 1. The molecule has 2 aromatic carbocycles. The van der Waals surface area contributed by atoms with Gasteiger partial charge in [-0.1, -0.05) is 42.5 Å². The summed E-state index contributed by atoms with van der Waals surface area (Å²) in [5.74, 6) is 0.949. The zero-order valence-corrected chi connectivity index (χ0v) is 19.5. The van der Waals surface area contributed by atoms with E-state index in [2.05, 4.69) is 51.6 Å². The van der Waals surface area contributed by atoms with Gasteiger partial charge < -0.3 is 15.1 Å². The molecule has 0 aromatic heterocycles. The lowest BCUT2D eigenvalue weighted by molar-refractivity contribution is -0.133. The number of nitrogens with one attached hydrogen (secondary N) is 2. The van der Waals surface area contributed by atoms with Crippen LogP contribution in [-0.4, -0.2) is 52.2 Å². The van der Waals surface area contributed by atoms with Crippen LogP contribution in [0.1, 0.15) is 36.8 Å². The molecule has 1 aliphatic carbocycles. The Balaban J connectivity index is 1.26. The summed E-state index contributed by atoms with van der Waals surface area (Å²) < 4.78 is 0. The number of aryl methyl sites for hydroxylation is 1. The van der Waals surface area contributed by atoms with Crippen molar-refractivity contribution in [1.29, 1.82) is 0 Å². The fourth-order valence-corrected chi connectivity index (χ4v) is 5.39. The Hall–Kier alpha value is -2.44. The molecule has 1 spiro atoms. The zero-order valence-electron chi connectivity index (χ0n) is 18.7. The molecule has 1 saturated carbocycles. The highest BCUT2D eigenvalue weighted by molar-refractivity contribution is 7.80. The van der Waals surface area contributed by atoms with Crippen molar-refractivity contribution in [3.63, 3.8) is 0 Å². The monoisotopic (exact) mass is 448 g/mol. The largest absolute Gasteiger partial charge is 0.349 e. The van der Waals surface area contributed by atoms with E-state index in [0.29, 0.717) is 5.92 Å². The number of hydrogen-bond donors (Lipinski definition) is 2. The van der Waals surface area contributed by atoms with Crippen molar-refractivity contribution in [2.45, 2.75) is 50.7 Å². The molecule has 1 atom stereocenters. The Labute approximate surface area is 196 Å². The average molecular weight is 449 g/mol. The number of hydrogen-bond acceptors (Lipinski definition) is 3.